The number of fused-ring (bicyclic) bond motifs is 1. The molecule has 0 saturated heterocycles. The van der Waals surface area contributed by atoms with Crippen molar-refractivity contribution in [2.24, 2.45) is 5.92 Å². The number of aromatic nitrogens is 3. The van der Waals surface area contributed by atoms with Crippen LogP contribution >= 0.6 is 0 Å². The number of hydrogen-bond acceptors (Lipinski definition) is 5. The molecule has 0 unspecified atom stereocenters. The van der Waals surface area contributed by atoms with Gasteiger partial charge in [-0.2, -0.15) is 5.10 Å². The maximum absolute atomic E-state index is 12.3. The van der Waals surface area contributed by atoms with Crippen LogP contribution in [-0.2, 0) is 11.2 Å². The van der Waals surface area contributed by atoms with Crippen LogP contribution in [0.15, 0.2) is 17.2 Å². The Morgan fingerprint density at radius 1 is 1.32 bits per heavy atom. The fourth-order valence-electron chi connectivity index (χ4n) is 2.78. The molecule has 0 spiro atoms. The van der Waals surface area contributed by atoms with Crippen LogP contribution in [0.4, 0.5) is 0 Å². The average Bonchev–Trinajstić information content (AvgIpc) is 2.89. The summed E-state index contributed by atoms with van der Waals surface area (Å²) in [5.41, 5.74) is 0.749. The highest BCUT2D eigenvalue weighted by Gasteiger charge is 2.20. The molecule has 7 nitrogen and oxygen atoms in total. The van der Waals surface area contributed by atoms with Crippen LogP contribution in [0.2, 0.25) is 0 Å². The van der Waals surface area contributed by atoms with Crippen molar-refractivity contribution in [2.75, 3.05) is 0 Å². The Balaban J connectivity index is 2.08. The number of hydrogen-bond donors (Lipinski definition) is 2. The summed E-state index contributed by atoms with van der Waals surface area (Å²) in [4.78, 5) is 27.0. The summed E-state index contributed by atoms with van der Waals surface area (Å²) in [5, 5.41) is 22.9. The molecule has 0 amide bonds. The number of rotatable bonds is 5. The van der Waals surface area contributed by atoms with Gasteiger partial charge in [-0.1, -0.05) is 19.3 Å². The third-order valence-electron chi connectivity index (χ3n) is 4.17. The monoisotopic (exact) mass is 303 g/mol. The van der Waals surface area contributed by atoms with Gasteiger partial charge < -0.3 is 10.2 Å². The van der Waals surface area contributed by atoms with Gasteiger partial charge in [0.25, 0.3) is 0 Å². The predicted molar refractivity (Wildman–Crippen MR) is 78.4 cm³/mol. The summed E-state index contributed by atoms with van der Waals surface area (Å²) in [7, 11) is 0. The number of nitrogens with zero attached hydrogens (tertiary/aromatic N) is 3. The molecule has 3 rings (SSSR count). The molecular formula is C15H17N3O4. The van der Waals surface area contributed by atoms with E-state index in [0.717, 1.165) is 25.0 Å². The normalized spacial score (nSPS) is 16.5. The van der Waals surface area contributed by atoms with Crippen molar-refractivity contribution in [1.29, 1.82) is 0 Å². The van der Waals surface area contributed by atoms with Gasteiger partial charge in [-0.3, -0.25) is 9.59 Å². The number of aliphatic hydroxyl groups is 1. The van der Waals surface area contributed by atoms with Crippen molar-refractivity contribution in [3.8, 4) is 0 Å². The summed E-state index contributed by atoms with van der Waals surface area (Å²) >= 11 is 0. The van der Waals surface area contributed by atoms with Gasteiger partial charge in [-0.05, 0) is 12.3 Å². The summed E-state index contributed by atoms with van der Waals surface area (Å²) in [6.45, 7) is 0. The Morgan fingerprint density at radius 3 is 2.73 bits per heavy atom. The Hall–Kier alpha value is -2.44. The Bertz CT molecular complexity index is 823. The van der Waals surface area contributed by atoms with Crippen molar-refractivity contribution >= 4 is 17.4 Å². The number of carboxylic acids is 1. The highest BCUT2D eigenvalue weighted by molar-refractivity contribution is 5.68. The van der Waals surface area contributed by atoms with Gasteiger partial charge in [0, 0.05) is 18.2 Å². The second kappa shape index (κ2) is 5.75. The molecule has 7 heteroatoms. The summed E-state index contributed by atoms with van der Waals surface area (Å²) in [6.07, 6.45) is 5.30. The zero-order valence-electron chi connectivity index (χ0n) is 12.0. The van der Waals surface area contributed by atoms with Gasteiger partial charge >= 0.3 is 5.97 Å². The first-order chi connectivity index (χ1) is 10.6. The Kier molecular flexibility index (Phi) is 3.79. The standard InChI is InChI=1S/C15H17N3O4/c19-11(4-5-13(21)22)14-12(20)7-10(6-9-2-1-3-9)18-15(14)16-8-17-18/h7-9,19H,1-6H2,(H,21,22)/b14-11-. The molecule has 116 valence electrons. The average molecular weight is 303 g/mol. The number of aliphatic hydroxyl groups excluding tert-OH is 1. The van der Waals surface area contributed by atoms with E-state index < -0.39 is 5.97 Å². The van der Waals surface area contributed by atoms with Gasteiger partial charge in [0.05, 0.1) is 6.42 Å². The van der Waals surface area contributed by atoms with Gasteiger partial charge in [-0.15, -0.1) is 0 Å². The SMILES string of the molecule is O=C(O)CC/C(O)=c1\c(=O)cc(CC2CCC2)n2ncnc12. The van der Waals surface area contributed by atoms with Crippen LogP contribution in [0.5, 0.6) is 0 Å². The Morgan fingerprint density at radius 2 is 2.09 bits per heavy atom. The van der Waals surface area contributed by atoms with E-state index in [0.29, 0.717) is 11.6 Å². The van der Waals surface area contributed by atoms with E-state index in [4.69, 9.17) is 5.11 Å². The summed E-state index contributed by atoms with van der Waals surface area (Å²) in [5.74, 6) is -0.707. The summed E-state index contributed by atoms with van der Waals surface area (Å²) < 4.78 is 1.58. The molecule has 0 bridgehead atoms. The van der Waals surface area contributed by atoms with E-state index in [9.17, 15) is 14.7 Å². The molecule has 0 aromatic carbocycles. The fraction of sp³-hybridized carbons (Fsp3) is 0.467. The molecule has 0 aliphatic heterocycles. The molecule has 2 aromatic heterocycles. The molecule has 1 aliphatic carbocycles. The molecule has 2 N–H and O–H groups in total. The van der Waals surface area contributed by atoms with E-state index in [1.165, 1.54) is 18.8 Å². The largest absolute Gasteiger partial charge is 0.511 e. The quantitative estimate of drug-likeness (QED) is 0.841. The lowest BCUT2D eigenvalue weighted by Crippen LogP contribution is -2.31. The summed E-state index contributed by atoms with van der Waals surface area (Å²) in [6, 6.07) is 1.48. The van der Waals surface area contributed by atoms with Crippen LogP contribution in [-0.4, -0.2) is 30.8 Å². The zero-order valence-corrected chi connectivity index (χ0v) is 12.0. The molecule has 1 aliphatic rings. The van der Waals surface area contributed by atoms with Crippen LogP contribution in [0.3, 0.4) is 0 Å². The number of carboxylic acid groups (broad SMARTS) is 1. The molecule has 1 saturated carbocycles. The number of pyridine rings is 1. The first-order valence-corrected chi connectivity index (χ1v) is 7.36. The molecule has 0 atom stereocenters. The molecular weight excluding hydrogens is 286 g/mol. The molecule has 0 radical (unpaired) electrons. The van der Waals surface area contributed by atoms with E-state index in [-0.39, 0.29) is 29.2 Å². The first-order valence-electron chi connectivity index (χ1n) is 7.36. The topological polar surface area (TPSA) is 105 Å². The van der Waals surface area contributed by atoms with Gasteiger partial charge in [0.1, 0.15) is 17.3 Å². The lowest BCUT2D eigenvalue weighted by Gasteiger charge is -2.25. The van der Waals surface area contributed by atoms with Gasteiger partial charge in [0.2, 0.25) is 0 Å². The molecule has 2 aromatic rings. The number of aliphatic carboxylic acids is 1. The predicted octanol–water partition coefficient (Wildman–Crippen LogP) is 0.682. The van der Waals surface area contributed by atoms with E-state index in [1.807, 2.05) is 0 Å². The van der Waals surface area contributed by atoms with Crippen molar-refractivity contribution in [3.05, 3.63) is 33.5 Å². The highest BCUT2D eigenvalue weighted by Crippen LogP contribution is 2.29. The molecule has 22 heavy (non-hydrogen) atoms. The molecule has 2 heterocycles. The van der Waals surface area contributed by atoms with Gasteiger partial charge in [-0.25, -0.2) is 9.50 Å². The third-order valence-corrected chi connectivity index (χ3v) is 4.17. The third kappa shape index (κ3) is 2.66. The first kappa shape index (κ1) is 14.5. The maximum atomic E-state index is 12.3. The lowest BCUT2D eigenvalue weighted by molar-refractivity contribution is -0.136. The molecule has 1 fully saturated rings. The Labute approximate surface area is 125 Å². The fourth-order valence-corrected chi connectivity index (χ4v) is 2.78. The lowest BCUT2D eigenvalue weighted by atomic mass is 9.82. The minimum absolute atomic E-state index is 0.0520. The van der Waals surface area contributed by atoms with Crippen molar-refractivity contribution in [2.45, 2.75) is 38.5 Å². The second-order valence-corrected chi connectivity index (χ2v) is 5.71. The second-order valence-electron chi connectivity index (χ2n) is 5.71. The minimum atomic E-state index is -1.03. The minimum Gasteiger partial charge on any atom is -0.511 e. The van der Waals surface area contributed by atoms with Crippen molar-refractivity contribution in [3.63, 3.8) is 0 Å². The number of carbonyl (C=O) groups is 1. The van der Waals surface area contributed by atoms with Crippen molar-refractivity contribution in [1.82, 2.24) is 14.6 Å². The highest BCUT2D eigenvalue weighted by atomic mass is 16.4. The van der Waals surface area contributed by atoms with Crippen molar-refractivity contribution < 1.29 is 15.0 Å². The zero-order chi connectivity index (χ0) is 15.7. The smallest absolute Gasteiger partial charge is 0.303 e. The van der Waals surface area contributed by atoms with E-state index in [2.05, 4.69) is 10.1 Å². The van der Waals surface area contributed by atoms with Gasteiger partial charge in [0.15, 0.2) is 11.1 Å². The van der Waals surface area contributed by atoms with E-state index in [1.54, 1.807) is 4.52 Å². The van der Waals surface area contributed by atoms with Crippen LogP contribution in [0.25, 0.3) is 11.4 Å². The van der Waals surface area contributed by atoms with Crippen LogP contribution in [0.1, 0.15) is 37.8 Å². The van der Waals surface area contributed by atoms with Crippen LogP contribution < -0.4 is 10.6 Å². The van der Waals surface area contributed by atoms with Crippen LogP contribution in [0, 0.1) is 5.92 Å². The van der Waals surface area contributed by atoms with E-state index >= 15 is 0 Å². The maximum Gasteiger partial charge on any atom is 0.303 e.